The normalized spacial score (nSPS) is 10.9. The molecule has 0 aromatic carbocycles. The third kappa shape index (κ3) is 4.30. The first-order chi connectivity index (χ1) is 8.19. The molecule has 0 aliphatic carbocycles. The van der Waals surface area contributed by atoms with E-state index in [9.17, 15) is 0 Å². The second-order valence-corrected chi connectivity index (χ2v) is 4.44. The van der Waals surface area contributed by atoms with Crippen molar-refractivity contribution in [2.45, 2.75) is 46.7 Å². The summed E-state index contributed by atoms with van der Waals surface area (Å²) in [5, 5.41) is 11.9. The largest absolute Gasteiger partial charge is 0.353 e. The molecule has 0 fully saturated rings. The van der Waals surface area contributed by atoms with Crippen molar-refractivity contribution >= 4 is 5.82 Å². The molecule has 0 bridgehead atoms. The smallest absolute Gasteiger partial charge is 0.151 e. The number of nitrogens with zero attached hydrogens (tertiary/aromatic N) is 3. The van der Waals surface area contributed by atoms with Gasteiger partial charge in [0, 0.05) is 19.1 Å². The summed E-state index contributed by atoms with van der Waals surface area (Å²) in [7, 11) is 0. The molecule has 1 heterocycles. The summed E-state index contributed by atoms with van der Waals surface area (Å²) in [4.78, 5) is 2.23. The molecule has 0 aliphatic heterocycles. The maximum atomic E-state index is 4.29. The van der Waals surface area contributed by atoms with Crippen LogP contribution in [0.5, 0.6) is 0 Å². The van der Waals surface area contributed by atoms with Crippen LogP contribution in [0, 0.1) is 0 Å². The van der Waals surface area contributed by atoms with E-state index in [2.05, 4.69) is 60.2 Å². The zero-order valence-electron chi connectivity index (χ0n) is 11.4. The van der Waals surface area contributed by atoms with Gasteiger partial charge in [-0.05, 0) is 45.9 Å². The van der Waals surface area contributed by atoms with Crippen LogP contribution in [-0.4, -0.2) is 29.3 Å². The van der Waals surface area contributed by atoms with E-state index >= 15 is 0 Å². The molecule has 96 valence electrons. The number of hydrogen-bond donors (Lipinski definition) is 1. The van der Waals surface area contributed by atoms with Gasteiger partial charge in [0.25, 0.3) is 0 Å². The molecule has 17 heavy (non-hydrogen) atoms. The lowest BCUT2D eigenvalue weighted by molar-refractivity contribution is 0.648. The van der Waals surface area contributed by atoms with Gasteiger partial charge in [-0.1, -0.05) is 6.92 Å². The Bertz CT molecular complexity index is 308. The highest BCUT2D eigenvalue weighted by Crippen LogP contribution is 2.12. The van der Waals surface area contributed by atoms with Gasteiger partial charge in [0.2, 0.25) is 0 Å². The Morgan fingerprint density at radius 1 is 1.24 bits per heavy atom. The molecule has 0 saturated carbocycles. The standard InChI is InChI=1S/C13H24N4/c1-5-9-14-10-12-7-8-13(16-15-12)17(6-2)11(3)4/h7-8,11,14H,5-6,9-10H2,1-4H3. The summed E-state index contributed by atoms with van der Waals surface area (Å²) in [5.74, 6) is 0.960. The summed E-state index contributed by atoms with van der Waals surface area (Å²) < 4.78 is 0. The van der Waals surface area contributed by atoms with Gasteiger partial charge in [-0.15, -0.1) is 5.10 Å². The van der Waals surface area contributed by atoms with Crippen LogP contribution in [0.25, 0.3) is 0 Å². The van der Waals surface area contributed by atoms with Crippen LogP contribution in [0.15, 0.2) is 12.1 Å². The molecule has 0 amide bonds. The van der Waals surface area contributed by atoms with Crippen LogP contribution >= 0.6 is 0 Å². The van der Waals surface area contributed by atoms with Crippen molar-refractivity contribution in [3.8, 4) is 0 Å². The minimum atomic E-state index is 0.457. The minimum Gasteiger partial charge on any atom is -0.353 e. The van der Waals surface area contributed by atoms with Crippen molar-refractivity contribution in [3.63, 3.8) is 0 Å². The third-order valence-corrected chi connectivity index (χ3v) is 2.70. The second-order valence-electron chi connectivity index (χ2n) is 4.44. The van der Waals surface area contributed by atoms with E-state index in [-0.39, 0.29) is 0 Å². The average molecular weight is 236 g/mol. The molecule has 0 unspecified atom stereocenters. The predicted octanol–water partition coefficient (Wildman–Crippen LogP) is 2.21. The molecule has 1 rings (SSSR count). The summed E-state index contributed by atoms with van der Waals surface area (Å²) in [6, 6.07) is 4.56. The molecule has 0 radical (unpaired) electrons. The van der Waals surface area contributed by atoms with Gasteiger partial charge in [0.05, 0.1) is 5.69 Å². The maximum Gasteiger partial charge on any atom is 0.151 e. The highest BCUT2D eigenvalue weighted by Gasteiger charge is 2.09. The maximum absolute atomic E-state index is 4.29. The van der Waals surface area contributed by atoms with Crippen LogP contribution in [0.1, 0.15) is 39.8 Å². The fraction of sp³-hybridized carbons (Fsp3) is 0.692. The zero-order chi connectivity index (χ0) is 12.7. The van der Waals surface area contributed by atoms with E-state index in [0.29, 0.717) is 6.04 Å². The molecule has 1 aromatic rings. The van der Waals surface area contributed by atoms with Crippen molar-refractivity contribution in [2.24, 2.45) is 0 Å². The van der Waals surface area contributed by atoms with Crippen LogP contribution in [-0.2, 0) is 6.54 Å². The third-order valence-electron chi connectivity index (χ3n) is 2.70. The average Bonchev–Trinajstić information content (AvgIpc) is 2.32. The van der Waals surface area contributed by atoms with Gasteiger partial charge in [-0.3, -0.25) is 0 Å². The fourth-order valence-electron chi connectivity index (χ4n) is 1.79. The highest BCUT2D eigenvalue weighted by atomic mass is 15.3. The van der Waals surface area contributed by atoms with E-state index in [1.807, 2.05) is 0 Å². The lowest BCUT2D eigenvalue weighted by atomic mass is 10.3. The molecule has 0 spiro atoms. The molecule has 4 heteroatoms. The molecule has 0 atom stereocenters. The van der Waals surface area contributed by atoms with Crippen LogP contribution in [0.3, 0.4) is 0 Å². The van der Waals surface area contributed by atoms with E-state index in [0.717, 1.165) is 37.6 Å². The first-order valence-electron chi connectivity index (χ1n) is 6.49. The SMILES string of the molecule is CCCNCc1ccc(N(CC)C(C)C)nn1. The molecule has 0 aliphatic rings. The Kier molecular flexibility index (Phi) is 5.91. The summed E-state index contributed by atoms with van der Waals surface area (Å²) in [5.41, 5.74) is 1.00. The van der Waals surface area contributed by atoms with Crippen molar-refractivity contribution in [2.75, 3.05) is 18.0 Å². The van der Waals surface area contributed by atoms with Crippen molar-refractivity contribution in [3.05, 3.63) is 17.8 Å². The number of aromatic nitrogens is 2. The quantitative estimate of drug-likeness (QED) is 0.737. The number of hydrogen-bond acceptors (Lipinski definition) is 4. The molecule has 1 N–H and O–H groups in total. The van der Waals surface area contributed by atoms with Crippen LogP contribution in [0.2, 0.25) is 0 Å². The van der Waals surface area contributed by atoms with E-state index in [1.165, 1.54) is 0 Å². The first kappa shape index (κ1) is 13.9. The summed E-state index contributed by atoms with van der Waals surface area (Å²) >= 11 is 0. The number of nitrogens with one attached hydrogen (secondary N) is 1. The van der Waals surface area contributed by atoms with Crippen LogP contribution < -0.4 is 10.2 Å². The highest BCUT2D eigenvalue weighted by molar-refractivity contribution is 5.38. The summed E-state index contributed by atoms with van der Waals surface area (Å²) in [6.07, 6.45) is 1.14. The Balaban J connectivity index is 2.60. The van der Waals surface area contributed by atoms with E-state index < -0.39 is 0 Å². The topological polar surface area (TPSA) is 41.0 Å². The first-order valence-corrected chi connectivity index (χ1v) is 6.49. The molecule has 1 aromatic heterocycles. The van der Waals surface area contributed by atoms with Gasteiger partial charge in [0.1, 0.15) is 0 Å². The molecular formula is C13H24N4. The Morgan fingerprint density at radius 3 is 2.47 bits per heavy atom. The fourth-order valence-corrected chi connectivity index (χ4v) is 1.79. The number of anilines is 1. The monoisotopic (exact) mass is 236 g/mol. The van der Waals surface area contributed by atoms with Crippen molar-refractivity contribution in [1.29, 1.82) is 0 Å². The van der Waals surface area contributed by atoms with Gasteiger partial charge in [0.15, 0.2) is 5.82 Å². The van der Waals surface area contributed by atoms with Gasteiger partial charge in [-0.25, -0.2) is 0 Å². The van der Waals surface area contributed by atoms with E-state index in [1.54, 1.807) is 0 Å². The lowest BCUT2D eigenvalue weighted by Crippen LogP contribution is -2.31. The van der Waals surface area contributed by atoms with Gasteiger partial charge in [-0.2, -0.15) is 5.10 Å². The van der Waals surface area contributed by atoms with Crippen LogP contribution in [0.4, 0.5) is 5.82 Å². The lowest BCUT2D eigenvalue weighted by Gasteiger charge is -2.25. The molecular weight excluding hydrogens is 212 g/mol. The Morgan fingerprint density at radius 2 is 2.00 bits per heavy atom. The minimum absolute atomic E-state index is 0.457. The Labute approximate surface area is 104 Å². The van der Waals surface area contributed by atoms with Gasteiger partial charge < -0.3 is 10.2 Å². The second kappa shape index (κ2) is 7.22. The number of rotatable bonds is 7. The summed E-state index contributed by atoms with van der Waals surface area (Å²) in [6.45, 7) is 11.4. The van der Waals surface area contributed by atoms with E-state index in [4.69, 9.17) is 0 Å². The molecule has 4 nitrogen and oxygen atoms in total. The Hall–Kier alpha value is -1.16. The van der Waals surface area contributed by atoms with Gasteiger partial charge >= 0.3 is 0 Å². The van der Waals surface area contributed by atoms with Crippen molar-refractivity contribution < 1.29 is 0 Å². The zero-order valence-corrected chi connectivity index (χ0v) is 11.4. The predicted molar refractivity (Wildman–Crippen MR) is 72.2 cm³/mol. The van der Waals surface area contributed by atoms with Crippen molar-refractivity contribution in [1.82, 2.24) is 15.5 Å². The molecule has 0 saturated heterocycles.